The van der Waals surface area contributed by atoms with E-state index in [9.17, 15) is 0 Å². The predicted octanol–water partition coefficient (Wildman–Crippen LogP) is 56.7. The van der Waals surface area contributed by atoms with Gasteiger partial charge in [-0.15, -0.1) is 0 Å². The van der Waals surface area contributed by atoms with E-state index in [2.05, 4.69) is 235 Å². The van der Waals surface area contributed by atoms with E-state index in [1.54, 1.807) is 0 Å². The van der Waals surface area contributed by atoms with Gasteiger partial charge >= 0.3 is 0 Å². The summed E-state index contributed by atoms with van der Waals surface area (Å²) >= 11 is 0. The van der Waals surface area contributed by atoms with Gasteiger partial charge in [-0.1, -0.05) is 841 Å². The van der Waals surface area contributed by atoms with E-state index in [1.165, 1.54) is 501 Å². The van der Waals surface area contributed by atoms with Gasteiger partial charge in [0.1, 0.15) is 0 Å². The predicted molar refractivity (Wildman–Crippen MR) is 672 cm³/mol. The molecule has 0 heterocycles. The molecule has 0 radical (unpaired) electrons. The summed E-state index contributed by atoms with van der Waals surface area (Å²) in [6.45, 7) is 104. The summed E-state index contributed by atoms with van der Waals surface area (Å²) in [5.74, 6) is 7.25. The number of hydrogen-bond acceptors (Lipinski definition) is 0. The molecule has 0 aromatic heterocycles. The van der Waals surface area contributed by atoms with Crippen molar-refractivity contribution in [3.8, 4) is 0 Å². The summed E-state index contributed by atoms with van der Waals surface area (Å²) in [5, 5.41) is 0. The molecule has 0 amide bonds. The van der Waals surface area contributed by atoms with Crippen molar-refractivity contribution >= 4 is 0 Å². The first kappa shape index (κ1) is 182. The van der Waals surface area contributed by atoms with Crippen LogP contribution in [0.25, 0.3) is 0 Å². The van der Waals surface area contributed by atoms with Crippen LogP contribution in [0.15, 0.2) is 0 Å². The summed E-state index contributed by atoms with van der Waals surface area (Å²) in [6.07, 6.45) is 114. The molecule has 7 aliphatic carbocycles. The lowest BCUT2D eigenvalue weighted by atomic mass is 9.94. The molecule has 7 rings (SSSR count). The van der Waals surface area contributed by atoms with Gasteiger partial charge in [0.2, 0.25) is 0 Å². The Hall–Kier alpha value is 0. The number of unbranched alkanes of at least 4 members (excludes halogenated alkanes) is 6. The van der Waals surface area contributed by atoms with Gasteiger partial charge in [-0.25, -0.2) is 0 Å². The highest BCUT2D eigenvalue weighted by molar-refractivity contribution is 4.60. The third-order valence-electron chi connectivity index (χ3n) is 24.1. The van der Waals surface area contributed by atoms with Crippen molar-refractivity contribution in [3.63, 3.8) is 0 Å². The molecular formula is C137H312. The van der Waals surface area contributed by atoms with Crippen LogP contribution in [0.4, 0.5) is 0 Å². The standard InChI is InChI=1S/C11H22.C10H20.C9H18.2C9H20.C8H16.C8H18.C7H14.C6H12.3C6H14.C5H10.3C5H12.C4H10.C3H8.7C2H6.CH4/c1-2-4-6-8-10-11-9-7-5-3-1;1-2-4-6-8-10-9-7-5-3-1;1-2-4-6-8-9-7-5-3-1;1-4-5-6-7-8-9(2)3;1-4-7-8-9(5-2)6-3;1-2-4-6-8-7-5-3-1;1-4-5-6-7-8(2)3;1-2-4-6-7-5-3-1;1-2-4-6-5-3-1;1-5-6(2,3)4;1-4-5-6(2)3;1-4-6(3)5-2;1-2-4-5-3-1;1-5(2,3)4;2*1-4-5(2)3;1-4(2)3;1-3-2;7*1-2;/h1-11H2;1-10H2;1-9H2;2*9H,4-8H2,1-3H3;1-8H2;8H,4-7H2,1-3H3;1-7H2;1-6H2;5H2,1-4H3;2*6H,4-5H2,1-3H3;1-5H2;1-4H3;2*5H,4H2,1-3H3;4H,1-3H3;3H2,1-2H3;7*1-2H3;1H4. The fourth-order valence-electron chi connectivity index (χ4n) is 13.7. The van der Waals surface area contributed by atoms with Gasteiger partial charge in [0, 0.05) is 0 Å². The minimum absolute atomic E-state index is 0. The SMILES string of the molecule is C.C1CCCC1.C1CCCCC1.C1CCCCCC1.C1CCCCCCC1.C1CCCCCCCC1.C1CCCCCCCCC1.C1CCCCCCCCCC1.CC.CC.CC.CC.CC.CC.CC.CC(C)(C)C.CC(C)C.CCC.CCC(C)(C)C.CCC(C)C.CCC(C)C.CCC(C)CC.CCCC(C)C.CCCCC(CC)CC.CCCCCC(C)C.CCCCCCC(C)C. The van der Waals surface area contributed by atoms with Gasteiger partial charge in [-0.05, 0) is 58.2 Å². The van der Waals surface area contributed by atoms with E-state index < -0.39 is 0 Å². The van der Waals surface area contributed by atoms with Crippen molar-refractivity contribution in [1.29, 1.82) is 0 Å². The van der Waals surface area contributed by atoms with E-state index in [1.807, 2.05) is 96.9 Å². The van der Waals surface area contributed by atoms with Crippen molar-refractivity contribution < 1.29 is 0 Å². The zero-order chi connectivity index (χ0) is 109. The third-order valence-corrected chi connectivity index (χ3v) is 24.1. The number of rotatable bonds is 20. The normalized spacial score (nSPS) is 15.1. The van der Waals surface area contributed by atoms with Gasteiger partial charge in [0.05, 0.1) is 0 Å². The van der Waals surface area contributed by atoms with Crippen LogP contribution in [-0.4, -0.2) is 0 Å². The minimum atomic E-state index is 0. The molecule has 0 aromatic carbocycles. The van der Waals surface area contributed by atoms with E-state index in [-0.39, 0.29) is 7.43 Å². The Balaban J connectivity index is -0.0000000632. The summed E-state index contributed by atoms with van der Waals surface area (Å²) in [6, 6.07) is 0. The molecule has 0 bridgehead atoms. The molecule has 0 nitrogen and oxygen atoms in total. The molecule has 7 fully saturated rings. The van der Waals surface area contributed by atoms with Crippen molar-refractivity contribution in [2.45, 2.75) is 841 Å². The minimum Gasteiger partial charge on any atom is -0.0776 e. The van der Waals surface area contributed by atoms with Crippen LogP contribution in [0, 0.1) is 58.2 Å². The van der Waals surface area contributed by atoms with Crippen LogP contribution >= 0.6 is 0 Å². The molecule has 0 atom stereocenters. The fraction of sp³-hybridized carbons (Fsp3) is 1.00. The molecular weight excluding hydrogens is 1650 g/mol. The van der Waals surface area contributed by atoms with Crippen molar-refractivity contribution in [2.75, 3.05) is 0 Å². The Morgan fingerprint density at radius 3 is 0.365 bits per heavy atom. The van der Waals surface area contributed by atoms with Crippen molar-refractivity contribution in [3.05, 3.63) is 0 Å². The second kappa shape index (κ2) is 191. The summed E-state index contributed by atoms with van der Waals surface area (Å²) < 4.78 is 0. The maximum atomic E-state index is 2.30. The number of hydrogen-bond donors (Lipinski definition) is 0. The monoisotopic (exact) mass is 1960 g/mol. The van der Waals surface area contributed by atoms with Crippen LogP contribution < -0.4 is 0 Å². The fourth-order valence-corrected chi connectivity index (χ4v) is 13.7. The van der Waals surface area contributed by atoms with Crippen LogP contribution in [-0.2, 0) is 0 Å². The average Bonchev–Trinajstić information content (AvgIpc) is 1.91. The van der Waals surface area contributed by atoms with Gasteiger partial charge in [0.15, 0.2) is 0 Å². The first-order valence-electron chi connectivity index (χ1n) is 65.2. The highest BCUT2D eigenvalue weighted by Gasteiger charge is 2.06. The highest BCUT2D eigenvalue weighted by Crippen LogP contribution is 2.23. The molecule has 0 aliphatic heterocycles. The zero-order valence-electron chi connectivity index (χ0n) is 109. The third kappa shape index (κ3) is 308. The average molecular weight is 1960 g/mol. The Morgan fingerprint density at radius 2 is 0.292 bits per heavy atom. The summed E-state index contributed by atoms with van der Waals surface area (Å²) in [7, 11) is 0. The topological polar surface area (TPSA) is 0 Å². The second-order valence-electron chi connectivity index (χ2n) is 44.8. The molecule has 7 aliphatic rings. The summed E-state index contributed by atoms with van der Waals surface area (Å²) in [5.41, 5.74) is 1.04. The molecule has 0 aromatic rings. The zero-order valence-corrected chi connectivity index (χ0v) is 109. The maximum Gasteiger partial charge on any atom is -0.0385 e. The van der Waals surface area contributed by atoms with Crippen LogP contribution in [0.2, 0.25) is 0 Å². The Morgan fingerprint density at radius 1 is 0.168 bits per heavy atom. The van der Waals surface area contributed by atoms with Gasteiger partial charge < -0.3 is 0 Å². The highest BCUT2D eigenvalue weighted by atomic mass is 14.1. The lowest BCUT2D eigenvalue weighted by molar-refractivity contribution is 0.398. The molecule has 0 spiro atoms. The largest absolute Gasteiger partial charge is 0.0776 e. The molecule has 0 saturated heterocycles. The molecule has 0 N–H and O–H groups in total. The first-order valence-corrected chi connectivity index (χ1v) is 65.2. The Bertz CT molecular complexity index is 1330. The lowest BCUT2D eigenvalue weighted by Gasteiger charge is -2.12. The van der Waals surface area contributed by atoms with Crippen molar-refractivity contribution in [1.82, 2.24) is 0 Å². The van der Waals surface area contributed by atoms with Crippen molar-refractivity contribution in [2.24, 2.45) is 58.2 Å². The summed E-state index contributed by atoms with van der Waals surface area (Å²) in [4.78, 5) is 0. The smallest absolute Gasteiger partial charge is 0.0385 e. The van der Waals surface area contributed by atoms with E-state index in [4.69, 9.17) is 0 Å². The van der Waals surface area contributed by atoms with E-state index in [0.717, 1.165) is 47.3 Å². The maximum absolute atomic E-state index is 2.30. The van der Waals surface area contributed by atoms with Gasteiger partial charge in [0.25, 0.3) is 0 Å². The Kier molecular flexibility index (Phi) is 253. The molecule has 860 valence electrons. The quantitative estimate of drug-likeness (QED) is 0.0842. The lowest BCUT2D eigenvalue weighted by Crippen LogP contribution is -2.00. The van der Waals surface area contributed by atoms with Gasteiger partial charge in [-0.2, -0.15) is 0 Å². The molecule has 0 unspecified atom stereocenters. The Labute approximate surface area is 892 Å². The first-order chi connectivity index (χ1) is 65.2. The van der Waals surface area contributed by atoms with Crippen LogP contribution in [0.1, 0.15) is 841 Å². The van der Waals surface area contributed by atoms with Crippen LogP contribution in [0.3, 0.4) is 0 Å². The second-order valence-corrected chi connectivity index (χ2v) is 44.8. The molecule has 7 saturated carbocycles. The molecule has 0 heteroatoms. The van der Waals surface area contributed by atoms with Gasteiger partial charge in [-0.3, -0.25) is 0 Å². The van der Waals surface area contributed by atoms with E-state index >= 15 is 0 Å². The van der Waals surface area contributed by atoms with Crippen LogP contribution in [0.5, 0.6) is 0 Å². The van der Waals surface area contributed by atoms with E-state index in [0.29, 0.717) is 10.8 Å². The molecule has 137 heavy (non-hydrogen) atoms.